The summed E-state index contributed by atoms with van der Waals surface area (Å²) in [7, 11) is -4.09. The third-order valence-corrected chi connectivity index (χ3v) is 6.17. The summed E-state index contributed by atoms with van der Waals surface area (Å²) in [6.45, 7) is 7.22. The summed E-state index contributed by atoms with van der Waals surface area (Å²) >= 11 is 0. The zero-order valence-electron chi connectivity index (χ0n) is 19.9. The van der Waals surface area contributed by atoms with Crippen LogP contribution in [0.4, 0.5) is 14.9 Å². The number of urea groups is 1. The first-order valence-corrected chi connectivity index (χ1v) is 12.7. The Labute approximate surface area is 205 Å². The monoisotopic (exact) mass is 500 g/mol. The topological polar surface area (TPSA) is 84.9 Å². The lowest BCUT2D eigenvalue weighted by Gasteiger charge is -2.25. The van der Waals surface area contributed by atoms with Gasteiger partial charge >= 0.3 is 16.1 Å². The molecule has 1 N–H and O–H groups in total. The molecular weight excluding hydrogens is 471 g/mol. The third kappa shape index (κ3) is 7.45. The molecule has 0 atom stereocenters. The Morgan fingerprint density at radius 1 is 1.00 bits per heavy atom. The largest absolute Gasteiger partial charge is 0.492 e. The van der Waals surface area contributed by atoms with Gasteiger partial charge in [0.05, 0.1) is 12.3 Å². The molecular formula is C26H29FN2O5S. The summed E-state index contributed by atoms with van der Waals surface area (Å²) in [6.07, 6.45) is 0. The first-order valence-electron chi connectivity index (χ1n) is 11.2. The van der Waals surface area contributed by atoms with Crippen molar-refractivity contribution in [3.8, 4) is 11.5 Å². The van der Waals surface area contributed by atoms with Crippen LogP contribution in [0.2, 0.25) is 0 Å². The molecule has 7 nitrogen and oxygen atoms in total. The molecule has 0 heterocycles. The molecule has 35 heavy (non-hydrogen) atoms. The lowest BCUT2D eigenvalue weighted by atomic mass is 10.1. The average molecular weight is 501 g/mol. The van der Waals surface area contributed by atoms with Gasteiger partial charge in [0.15, 0.2) is 0 Å². The van der Waals surface area contributed by atoms with Crippen molar-refractivity contribution < 1.29 is 26.5 Å². The standard InChI is InChI=1S/C26H29FN2O5S/c1-4-33-25-8-6-5-7-24(25)28-26(30)29(17-19(2)3)18-20-9-13-22(14-10-20)34-35(31,32)23-15-11-21(27)12-16-23/h5-16,19H,4,17-18H2,1-3H3,(H,28,30). The summed E-state index contributed by atoms with van der Waals surface area (Å²) in [6, 6.07) is 17.8. The molecule has 3 aromatic rings. The number of carbonyl (C=O) groups excluding carboxylic acids is 1. The number of halogens is 1. The maximum absolute atomic E-state index is 13.1. The second kappa shape index (κ2) is 11.7. The van der Waals surface area contributed by atoms with Gasteiger partial charge in [-0.05, 0) is 66.9 Å². The summed E-state index contributed by atoms with van der Waals surface area (Å²) in [5.74, 6) is 0.399. The second-order valence-electron chi connectivity index (χ2n) is 8.27. The number of ether oxygens (including phenoxy) is 1. The van der Waals surface area contributed by atoms with E-state index in [0.29, 0.717) is 31.1 Å². The molecule has 2 amide bonds. The van der Waals surface area contributed by atoms with E-state index in [0.717, 1.165) is 29.8 Å². The van der Waals surface area contributed by atoms with Crippen LogP contribution < -0.4 is 14.2 Å². The van der Waals surface area contributed by atoms with E-state index in [2.05, 4.69) is 5.32 Å². The highest BCUT2D eigenvalue weighted by Gasteiger charge is 2.19. The lowest BCUT2D eigenvalue weighted by Crippen LogP contribution is -2.37. The third-order valence-electron chi connectivity index (χ3n) is 4.91. The molecule has 186 valence electrons. The van der Waals surface area contributed by atoms with Gasteiger partial charge in [0.1, 0.15) is 22.2 Å². The predicted octanol–water partition coefficient (Wildman–Crippen LogP) is 5.68. The van der Waals surface area contributed by atoms with E-state index in [1.165, 1.54) is 12.1 Å². The van der Waals surface area contributed by atoms with E-state index < -0.39 is 15.9 Å². The van der Waals surface area contributed by atoms with E-state index in [1.54, 1.807) is 29.2 Å². The van der Waals surface area contributed by atoms with Crippen LogP contribution in [-0.4, -0.2) is 32.5 Å². The van der Waals surface area contributed by atoms with E-state index in [1.807, 2.05) is 32.9 Å². The van der Waals surface area contributed by atoms with E-state index >= 15 is 0 Å². The molecule has 0 aliphatic heterocycles. The van der Waals surface area contributed by atoms with Crippen LogP contribution in [0, 0.1) is 11.7 Å². The van der Waals surface area contributed by atoms with Crippen LogP contribution in [-0.2, 0) is 16.7 Å². The van der Waals surface area contributed by atoms with Crippen LogP contribution in [0.5, 0.6) is 11.5 Å². The first kappa shape index (κ1) is 26.0. The molecule has 0 bridgehead atoms. The number of benzene rings is 3. The fourth-order valence-corrected chi connectivity index (χ4v) is 4.28. The maximum atomic E-state index is 13.1. The molecule has 0 spiro atoms. The Kier molecular flexibility index (Phi) is 8.70. The van der Waals surface area contributed by atoms with Crippen molar-refractivity contribution in [2.45, 2.75) is 32.2 Å². The first-order chi connectivity index (χ1) is 16.7. The van der Waals surface area contributed by atoms with Crippen molar-refractivity contribution in [1.82, 2.24) is 4.90 Å². The molecule has 0 aliphatic carbocycles. The molecule has 0 saturated carbocycles. The lowest BCUT2D eigenvalue weighted by molar-refractivity contribution is 0.201. The molecule has 0 radical (unpaired) electrons. The molecule has 3 rings (SSSR count). The molecule has 0 fully saturated rings. The number of nitrogens with zero attached hydrogens (tertiary/aromatic N) is 1. The molecule has 9 heteroatoms. The molecule has 0 aliphatic rings. The van der Waals surface area contributed by atoms with Crippen molar-refractivity contribution in [3.05, 3.63) is 84.2 Å². The molecule has 0 unspecified atom stereocenters. The maximum Gasteiger partial charge on any atom is 0.339 e. The Bertz CT molecular complexity index is 1230. The Morgan fingerprint density at radius 3 is 2.29 bits per heavy atom. The smallest absolute Gasteiger partial charge is 0.339 e. The summed E-state index contributed by atoms with van der Waals surface area (Å²) < 4.78 is 48.7. The van der Waals surface area contributed by atoms with Gasteiger partial charge in [-0.1, -0.05) is 38.1 Å². The fraction of sp³-hybridized carbons (Fsp3) is 0.269. The number of amides is 2. The van der Waals surface area contributed by atoms with Gasteiger partial charge < -0.3 is 19.1 Å². The minimum Gasteiger partial charge on any atom is -0.492 e. The summed E-state index contributed by atoms with van der Waals surface area (Å²) in [5.41, 5.74) is 1.38. The van der Waals surface area contributed by atoms with Crippen molar-refractivity contribution >= 4 is 21.8 Å². The van der Waals surface area contributed by atoms with Gasteiger partial charge in [-0.15, -0.1) is 0 Å². The van der Waals surface area contributed by atoms with E-state index in [-0.39, 0.29) is 22.6 Å². The molecule has 0 aromatic heterocycles. The van der Waals surface area contributed by atoms with Gasteiger partial charge in [-0.3, -0.25) is 0 Å². The van der Waals surface area contributed by atoms with Crippen molar-refractivity contribution in [3.63, 3.8) is 0 Å². The highest BCUT2D eigenvalue weighted by atomic mass is 32.2. The van der Waals surface area contributed by atoms with Gasteiger partial charge in [0.2, 0.25) is 0 Å². The van der Waals surface area contributed by atoms with Gasteiger partial charge in [0.25, 0.3) is 0 Å². The van der Waals surface area contributed by atoms with E-state index in [9.17, 15) is 17.6 Å². The predicted molar refractivity (Wildman–Crippen MR) is 133 cm³/mol. The van der Waals surface area contributed by atoms with Crippen LogP contribution in [0.1, 0.15) is 26.3 Å². The zero-order chi connectivity index (χ0) is 25.4. The highest BCUT2D eigenvalue weighted by molar-refractivity contribution is 7.87. The van der Waals surface area contributed by atoms with Crippen molar-refractivity contribution in [2.24, 2.45) is 5.92 Å². The number of para-hydroxylation sites is 2. The Balaban J connectivity index is 1.71. The number of rotatable bonds is 10. The van der Waals surface area contributed by atoms with E-state index in [4.69, 9.17) is 8.92 Å². The highest BCUT2D eigenvalue weighted by Crippen LogP contribution is 2.25. The number of carbonyl (C=O) groups is 1. The SMILES string of the molecule is CCOc1ccccc1NC(=O)N(Cc1ccc(OS(=O)(=O)c2ccc(F)cc2)cc1)CC(C)C. The fourth-order valence-electron chi connectivity index (χ4n) is 3.35. The number of nitrogens with one attached hydrogen (secondary N) is 1. The number of hydrogen-bond donors (Lipinski definition) is 1. The van der Waals surface area contributed by atoms with Crippen molar-refractivity contribution in [1.29, 1.82) is 0 Å². The second-order valence-corrected chi connectivity index (χ2v) is 9.82. The number of hydrogen-bond acceptors (Lipinski definition) is 5. The zero-order valence-corrected chi connectivity index (χ0v) is 20.7. The average Bonchev–Trinajstić information content (AvgIpc) is 2.81. The normalized spacial score (nSPS) is 11.2. The Morgan fingerprint density at radius 2 is 1.66 bits per heavy atom. The minimum absolute atomic E-state index is 0.114. The summed E-state index contributed by atoms with van der Waals surface area (Å²) in [5, 5.41) is 2.92. The Hall–Kier alpha value is -3.59. The summed E-state index contributed by atoms with van der Waals surface area (Å²) in [4.78, 5) is 14.6. The van der Waals surface area contributed by atoms with Gasteiger partial charge in [-0.2, -0.15) is 8.42 Å². The van der Waals surface area contributed by atoms with Crippen molar-refractivity contribution in [2.75, 3.05) is 18.5 Å². The molecule has 3 aromatic carbocycles. The quantitative estimate of drug-likeness (QED) is 0.362. The molecule has 0 saturated heterocycles. The van der Waals surface area contributed by atoms with Crippen LogP contribution >= 0.6 is 0 Å². The van der Waals surface area contributed by atoms with Crippen LogP contribution in [0.15, 0.2) is 77.7 Å². The van der Waals surface area contributed by atoms with Crippen LogP contribution in [0.25, 0.3) is 0 Å². The number of anilines is 1. The van der Waals surface area contributed by atoms with Gasteiger partial charge in [-0.25, -0.2) is 9.18 Å². The van der Waals surface area contributed by atoms with Crippen LogP contribution in [0.3, 0.4) is 0 Å². The minimum atomic E-state index is -4.09. The van der Waals surface area contributed by atoms with Gasteiger partial charge in [0, 0.05) is 13.1 Å².